The van der Waals surface area contributed by atoms with E-state index in [4.69, 9.17) is 27.9 Å². The van der Waals surface area contributed by atoms with Crippen molar-refractivity contribution >= 4 is 29.2 Å². The minimum atomic E-state index is -0.912. The summed E-state index contributed by atoms with van der Waals surface area (Å²) >= 11 is 12.1. The highest BCUT2D eigenvalue weighted by Gasteiger charge is 2.38. The maximum absolute atomic E-state index is 12.3. The number of nitrogens with one attached hydrogen (secondary N) is 1. The molecule has 1 unspecified atom stereocenters. The lowest BCUT2D eigenvalue weighted by molar-refractivity contribution is -0.148. The van der Waals surface area contributed by atoms with Gasteiger partial charge in [0, 0.05) is 6.04 Å². The standard InChI is InChI=1S/C16H21Cl2NO2/c1-16(15(20)21-2,19-12-6-4-3-5-7-12)11-8-9-13(17)14(18)10-11/h8-10,12,19H,3-7H2,1-2H3. The normalized spacial score (nSPS) is 19.0. The van der Waals surface area contributed by atoms with Crippen molar-refractivity contribution in [3.8, 4) is 0 Å². The van der Waals surface area contributed by atoms with Gasteiger partial charge in [0.1, 0.15) is 5.54 Å². The first-order valence-corrected chi connectivity index (χ1v) is 8.04. The fraction of sp³-hybridized carbons (Fsp3) is 0.562. The molecule has 3 nitrogen and oxygen atoms in total. The Morgan fingerprint density at radius 3 is 2.48 bits per heavy atom. The third-order valence-corrected chi connectivity index (χ3v) is 4.93. The molecule has 0 aliphatic heterocycles. The molecule has 0 heterocycles. The average molecular weight is 330 g/mol. The molecule has 1 aliphatic carbocycles. The molecule has 1 fully saturated rings. The topological polar surface area (TPSA) is 38.3 Å². The molecule has 1 aromatic carbocycles. The maximum Gasteiger partial charge on any atom is 0.330 e. The van der Waals surface area contributed by atoms with Gasteiger partial charge in [-0.1, -0.05) is 48.5 Å². The van der Waals surface area contributed by atoms with E-state index in [0.717, 1.165) is 18.4 Å². The van der Waals surface area contributed by atoms with E-state index in [1.165, 1.54) is 26.4 Å². The van der Waals surface area contributed by atoms with Crippen molar-refractivity contribution in [2.45, 2.75) is 50.6 Å². The van der Waals surface area contributed by atoms with E-state index in [0.29, 0.717) is 16.1 Å². The van der Waals surface area contributed by atoms with Gasteiger partial charge in [-0.3, -0.25) is 5.32 Å². The van der Waals surface area contributed by atoms with Gasteiger partial charge in [0.05, 0.1) is 17.2 Å². The third-order valence-electron chi connectivity index (χ3n) is 4.19. The van der Waals surface area contributed by atoms with Crippen LogP contribution in [0.15, 0.2) is 18.2 Å². The molecule has 1 atom stereocenters. The fourth-order valence-corrected chi connectivity index (χ4v) is 3.22. The molecule has 0 amide bonds. The molecule has 116 valence electrons. The predicted molar refractivity (Wildman–Crippen MR) is 85.8 cm³/mol. The van der Waals surface area contributed by atoms with Gasteiger partial charge >= 0.3 is 5.97 Å². The zero-order valence-electron chi connectivity index (χ0n) is 12.4. The van der Waals surface area contributed by atoms with Gasteiger partial charge < -0.3 is 4.74 Å². The van der Waals surface area contributed by atoms with Crippen LogP contribution in [0.2, 0.25) is 10.0 Å². The molecule has 0 spiro atoms. The van der Waals surface area contributed by atoms with E-state index in [1.54, 1.807) is 12.1 Å². The summed E-state index contributed by atoms with van der Waals surface area (Å²) in [6.07, 6.45) is 5.80. The molecule has 2 rings (SSSR count). The fourth-order valence-electron chi connectivity index (χ4n) is 2.93. The van der Waals surface area contributed by atoms with E-state index < -0.39 is 5.54 Å². The van der Waals surface area contributed by atoms with Gasteiger partial charge in [0.2, 0.25) is 0 Å². The molecule has 0 saturated heterocycles. The minimum absolute atomic E-state index is 0.313. The Balaban J connectivity index is 2.31. The molecule has 1 aliphatic rings. The zero-order chi connectivity index (χ0) is 15.5. The van der Waals surface area contributed by atoms with Crippen molar-refractivity contribution in [1.82, 2.24) is 5.32 Å². The average Bonchev–Trinajstić information content (AvgIpc) is 2.50. The van der Waals surface area contributed by atoms with E-state index in [-0.39, 0.29) is 5.97 Å². The Morgan fingerprint density at radius 1 is 1.24 bits per heavy atom. The molecule has 1 N–H and O–H groups in total. The second-order valence-corrected chi connectivity index (χ2v) is 6.54. The van der Waals surface area contributed by atoms with Gasteiger partial charge in [-0.2, -0.15) is 0 Å². The highest BCUT2D eigenvalue weighted by molar-refractivity contribution is 6.42. The number of esters is 1. The molecule has 1 saturated carbocycles. The van der Waals surface area contributed by atoms with Crippen LogP contribution in [0.1, 0.15) is 44.6 Å². The van der Waals surface area contributed by atoms with Crippen molar-refractivity contribution < 1.29 is 9.53 Å². The van der Waals surface area contributed by atoms with Crippen LogP contribution in [0.4, 0.5) is 0 Å². The van der Waals surface area contributed by atoms with E-state index in [1.807, 2.05) is 13.0 Å². The quantitative estimate of drug-likeness (QED) is 0.837. The van der Waals surface area contributed by atoms with E-state index >= 15 is 0 Å². The number of hydrogen-bond acceptors (Lipinski definition) is 3. The monoisotopic (exact) mass is 329 g/mol. The number of methoxy groups -OCH3 is 1. The van der Waals surface area contributed by atoms with Gasteiger partial charge in [0.25, 0.3) is 0 Å². The minimum Gasteiger partial charge on any atom is -0.467 e. The number of carbonyl (C=O) groups excluding carboxylic acids is 1. The van der Waals surface area contributed by atoms with Crippen LogP contribution in [-0.4, -0.2) is 19.1 Å². The lowest BCUT2D eigenvalue weighted by atomic mass is 9.87. The largest absolute Gasteiger partial charge is 0.467 e. The van der Waals surface area contributed by atoms with Gasteiger partial charge in [-0.25, -0.2) is 4.79 Å². The summed E-state index contributed by atoms with van der Waals surface area (Å²) in [5.74, 6) is -0.313. The lowest BCUT2D eigenvalue weighted by Crippen LogP contribution is -2.52. The Hall–Kier alpha value is -0.770. The Labute approximate surface area is 136 Å². The molecule has 0 bridgehead atoms. The SMILES string of the molecule is COC(=O)C(C)(NC1CCCCC1)c1ccc(Cl)c(Cl)c1. The summed E-state index contributed by atoms with van der Waals surface area (Å²) in [7, 11) is 1.40. The van der Waals surface area contributed by atoms with E-state index in [9.17, 15) is 4.79 Å². The second kappa shape index (κ2) is 6.99. The van der Waals surface area contributed by atoms with Crippen molar-refractivity contribution in [2.75, 3.05) is 7.11 Å². The van der Waals surface area contributed by atoms with Crippen LogP contribution in [-0.2, 0) is 15.1 Å². The first-order chi connectivity index (χ1) is 9.97. The van der Waals surface area contributed by atoms with Crippen molar-refractivity contribution in [3.63, 3.8) is 0 Å². The van der Waals surface area contributed by atoms with Crippen LogP contribution in [0, 0.1) is 0 Å². The van der Waals surface area contributed by atoms with Gasteiger partial charge in [-0.15, -0.1) is 0 Å². The summed E-state index contributed by atoms with van der Waals surface area (Å²) < 4.78 is 5.00. The molecule has 1 aromatic rings. The second-order valence-electron chi connectivity index (χ2n) is 5.72. The highest BCUT2D eigenvalue weighted by Crippen LogP contribution is 2.31. The zero-order valence-corrected chi connectivity index (χ0v) is 13.9. The molecule has 5 heteroatoms. The number of rotatable bonds is 4. The molecule has 21 heavy (non-hydrogen) atoms. The van der Waals surface area contributed by atoms with Crippen LogP contribution < -0.4 is 5.32 Å². The number of halogens is 2. The third kappa shape index (κ3) is 3.71. The number of hydrogen-bond donors (Lipinski definition) is 1. The summed E-state index contributed by atoms with van der Waals surface area (Å²) in [5.41, 5.74) is -0.139. The number of carbonyl (C=O) groups is 1. The summed E-state index contributed by atoms with van der Waals surface area (Å²) in [4.78, 5) is 12.3. The number of ether oxygens (including phenoxy) is 1. The first-order valence-electron chi connectivity index (χ1n) is 7.29. The first kappa shape index (κ1) is 16.6. The number of benzene rings is 1. The van der Waals surface area contributed by atoms with Gasteiger partial charge in [-0.05, 0) is 37.5 Å². The van der Waals surface area contributed by atoms with Crippen molar-refractivity contribution in [3.05, 3.63) is 33.8 Å². The molecule has 0 radical (unpaired) electrons. The van der Waals surface area contributed by atoms with Crippen molar-refractivity contribution in [1.29, 1.82) is 0 Å². The molecule has 0 aromatic heterocycles. The summed E-state index contributed by atoms with van der Waals surface area (Å²) in [5, 5.41) is 4.39. The smallest absolute Gasteiger partial charge is 0.330 e. The van der Waals surface area contributed by atoms with Crippen molar-refractivity contribution in [2.24, 2.45) is 0 Å². The van der Waals surface area contributed by atoms with Crippen LogP contribution in [0.5, 0.6) is 0 Å². The maximum atomic E-state index is 12.3. The van der Waals surface area contributed by atoms with Crippen LogP contribution >= 0.6 is 23.2 Å². The van der Waals surface area contributed by atoms with Crippen LogP contribution in [0.3, 0.4) is 0 Å². The lowest BCUT2D eigenvalue weighted by Gasteiger charge is -2.35. The van der Waals surface area contributed by atoms with E-state index in [2.05, 4.69) is 5.32 Å². The highest BCUT2D eigenvalue weighted by atomic mass is 35.5. The summed E-state index contributed by atoms with van der Waals surface area (Å²) in [6.45, 7) is 1.84. The van der Waals surface area contributed by atoms with Crippen LogP contribution in [0.25, 0.3) is 0 Å². The van der Waals surface area contributed by atoms with Gasteiger partial charge in [0.15, 0.2) is 0 Å². The summed E-state index contributed by atoms with van der Waals surface area (Å²) in [6, 6.07) is 5.58. The Kier molecular flexibility index (Phi) is 5.53. The molecular formula is C16H21Cl2NO2. The molecular weight excluding hydrogens is 309 g/mol. The predicted octanol–water partition coefficient (Wildman–Crippen LogP) is 4.30. The Morgan fingerprint density at radius 2 is 1.90 bits per heavy atom. The Bertz CT molecular complexity index is 515.